The standard InChI is InChI=1S/C20H17F2N3O2/c1-13-2-6-16(7-3-13)27-12-20(26)25-15-5-9-19(23-11-15)24-14-4-8-17(21)18(22)10-14/h2-11H,12H2,1H3,(H,23,24)(H,25,26). The first-order chi connectivity index (χ1) is 13.0. The Balaban J connectivity index is 1.52. The Hall–Kier alpha value is -3.48. The van der Waals surface area contributed by atoms with Crippen LogP contribution in [0.25, 0.3) is 0 Å². The Labute approximate surface area is 155 Å². The van der Waals surface area contributed by atoms with E-state index in [2.05, 4.69) is 15.6 Å². The second-order valence-corrected chi connectivity index (χ2v) is 5.84. The number of amides is 1. The summed E-state index contributed by atoms with van der Waals surface area (Å²) in [5, 5.41) is 5.52. The lowest BCUT2D eigenvalue weighted by molar-refractivity contribution is -0.118. The summed E-state index contributed by atoms with van der Waals surface area (Å²) in [6.07, 6.45) is 1.45. The molecular formula is C20H17F2N3O2. The van der Waals surface area contributed by atoms with Gasteiger partial charge in [-0.3, -0.25) is 4.79 Å². The van der Waals surface area contributed by atoms with Gasteiger partial charge in [-0.15, -0.1) is 0 Å². The van der Waals surface area contributed by atoms with Gasteiger partial charge in [0.2, 0.25) is 0 Å². The van der Waals surface area contributed by atoms with E-state index in [1.54, 1.807) is 24.3 Å². The molecule has 0 bridgehead atoms. The zero-order valence-electron chi connectivity index (χ0n) is 14.5. The molecule has 0 spiro atoms. The minimum atomic E-state index is -0.947. The van der Waals surface area contributed by atoms with E-state index in [-0.39, 0.29) is 12.5 Å². The first kappa shape index (κ1) is 18.3. The molecule has 0 saturated heterocycles. The van der Waals surface area contributed by atoms with Gasteiger partial charge in [0.1, 0.15) is 11.6 Å². The van der Waals surface area contributed by atoms with Gasteiger partial charge >= 0.3 is 0 Å². The van der Waals surface area contributed by atoms with Crippen molar-refractivity contribution in [3.05, 3.63) is 78.0 Å². The molecule has 3 rings (SSSR count). The van der Waals surface area contributed by atoms with Gasteiger partial charge < -0.3 is 15.4 Å². The van der Waals surface area contributed by atoms with E-state index in [1.807, 2.05) is 19.1 Å². The molecule has 0 atom stereocenters. The molecule has 3 aromatic rings. The summed E-state index contributed by atoms with van der Waals surface area (Å²) in [6.45, 7) is 1.84. The van der Waals surface area contributed by atoms with Gasteiger partial charge in [-0.25, -0.2) is 13.8 Å². The average Bonchev–Trinajstić information content (AvgIpc) is 2.66. The van der Waals surface area contributed by atoms with Crippen molar-refractivity contribution in [3.8, 4) is 5.75 Å². The number of ether oxygens (including phenoxy) is 1. The van der Waals surface area contributed by atoms with Crippen LogP contribution in [-0.4, -0.2) is 17.5 Å². The maximum absolute atomic E-state index is 13.2. The van der Waals surface area contributed by atoms with Gasteiger partial charge in [0.15, 0.2) is 18.2 Å². The third-order valence-electron chi connectivity index (χ3n) is 3.63. The predicted molar refractivity (Wildman–Crippen MR) is 99.2 cm³/mol. The highest BCUT2D eigenvalue weighted by Crippen LogP contribution is 2.18. The van der Waals surface area contributed by atoms with Crippen molar-refractivity contribution in [2.45, 2.75) is 6.92 Å². The number of rotatable bonds is 6. The number of anilines is 3. The molecular weight excluding hydrogens is 352 g/mol. The van der Waals surface area contributed by atoms with Crippen molar-refractivity contribution in [2.75, 3.05) is 17.2 Å². The van der Waals surface area contributed by atoms with Crippen molar-refractivity contribution in [2.24, 2.45) is 0 Å². The van der Waals surface area contributed by atoms with Crippen LogP contribution in [0.15, 0.2) is 60.8 Å². The Morgan fingerprint density at radius 2 is 1.74 bits per heavy atom. The lowest BCUT2D eigenvalue weighted by atomic mass is 10.2. The zero-order valence-corrected chi connectivity index (χ0v) is 14.5. The van der Waals surface area contributed by atoms with Gasteiger partial charge in [-0.05, 0) is 43.3 Å². The number of aromatic nitrogens is 1. The minimum Gasteiger partial charge on any atom is -0.484 e. The molecule has 0 saturated carbocycles. The molecule has 0 fully saturated rings. The number of benzene rings is 2. The second kappa shape index (κ2) is 8.27. The van der Waals surface area contributed by atoms with Gasteiger partial charge in [-0.2, -0.15) is 0 Å². The molecule has 0 radical (unpaired) electrons. The topological polar surface area (TPSA) is 63.2 Å². The Morgan fingerprint density at radius 1 is 1.00 bits per heavy atom. The van der Waals surface area contributed by atoms with E-state index in [1.165, 1.54) is 12.3 Å². The van der Waals surface area contributed by atoms with E-state index in [0.29, 0.717) is 22.9 Å². The van der Waals surface area contributed by atoms with Crippen molar-refractivity contribution in [3.63, 3.8) is 0 Å². The lowest BCUT2D eigenvalue weighted by Gasteiger charge is -2.09. The maximum atomic E-state index is 13.2. The summed E-state index contributed by atoms with van der Waals surface area (Å²) < 4.78 is 31.5. The molecule has 1 heterocycles. The minimum absolute atomic E-state index is 0.127. The molecule has 0 aliphatic heterocycles. The third-order valence-corrected chi connectivity index (χ3v) is 3.63. The van der Waals surface area contributed by atoms with Crippen molar-refractivity contribution >= 4 is 23.1 Å². The number of halogens is 2. The fraction of sp³-hybridized carbons (Fsp3) is 0.100. The molecule has 5 nitrogen and oxygen atoms in total. The Morgan fingerprint density at radius 3 is 2.41 bits per heavy atom. The number of hydrogen-bond donors (Lipinski definition) is 2. The van der Waals surface area contributed by atoms with Gasteiger partial charge in [0, 0.05) is 11.8 Å². The van der Waals surface area contributed by atoms with Gasteiger partial charge in [-0.1, -0.05) is 17.7 Å². The Bertz CT molecular complexity index is 929. The van der Waals surface area contributed by atoms with Gasteiger partial charge in [0.25, 0.3) is 5.91 Å². The van der Waals surface area contributed by atoms with Crippen LogP contribution >= 0.6 is 0 Å². The Kier molecular flexibility index (Phi) is 5.61. The lowest BCUT2D eigenvalue weighted by Crippen LogP contribution is -2.20. The molecule has 1 aromatic heterocycles. The number of nitrogens with zero attached hydrogens (tertiary/aromatic N) is 1. The first-order valence-electron chi connectivity index (χ1n) is 8.17. The molecule has 2 N–H and O–H groups in total. The number of carbonyl (C=O) groups excluding carboxylic acids is 1. The molecule has 138 valence electrons. The highest BCUT2D eigenvalue weighted by Gasteiger charge is 2.06. The monoisotopic (exact) mass is 369 g/mol. The molecule has 1 amide bonds. The fourth-order valence-electron chi connectivity index (χ4n) is 2.24. The summed E-state index contributed by atoms with van der Waals surface area (Å²) in [5.74, 6) is -1.15. The number of hydrogen-bond acceptors (Lipinski definition) is 4. The third kappa shape index (κ3) is 5.24. The van der Waals surface area contributed by atoms with E-state index in [9.17, 15) is 13.6 Å². The summed E-state index contributed by atoms with van der Waals surface area (Å²) in [7, 11) is 0. The van der Waals surface area contributed by atoms with Crippen LogP contribution in [0.4, 0.5) is 26.0 Å². The summed E-state index contributed by atoms with van der Waals surface area (Å²) in [6, 6.07) is 14.1. The molecule has 27 heavy (non-hydrogen) atoms. The summed E-state index contributed by atoms with van der Waals surface area (Å²) in [4.78, 5) is 16.1. The fourth-order valence-corrected chi connectivity index (χ4v) is 2.24. The number of nitrogens with one attached hydrogen (secondary N) is 2. The highest BCUT2D eigenvalue weighted by molar-refractivity contribution is 5.91. The molecule has 0 unspecified atom stereocenters. The maximum Gasteiger partial charge on any atom is 0.262 e. The highest BCUT2D eigenvalue weighted by atomic mass is 19.2. The van der Waals surface area contributed by atoms with Crippen LogP contribution < -0.4 is 15.4 Å². The second-order valence-electron chi connectivity index (χ2n) is 5.84. The molecule has 0 aliphatic rings. The smallest absolute Gasteiger partial charge is 0.262 e. The predicted octanol–water partition coefficient (Wildman–Crippen LogP) is 4.43. The average molecular weight is 369 g/mol. The van der Waals surface area contributed by atoms with Crippen molar-refractivity contribution in [1.82, 2.24) is 4.98 Å². The van der Waals surface area contributed by atoms with Crippen LogP contribution in [0.5, 0.6) is 5.75 Å². The van der Waals surface area contributed by atoms with Crippen molar-refractivity contribution < 1.29 is 18.3 Å². The first-order valence-corrected chi connectivity index (χ1v) is 8.17. The van der Waals surface area contributed by atoms with Crippen LogP contribution in [-0.2, 0) is 4.79 Å². The normalized spacial score (nSPS) is 10.3. The molecule has 2 aromatic carbocycles. The van der Waals surface area contributed by atoms with Crippen LogP contribution in [0.2, 0.25) is 0 Å². The summed E-state index contributed by atoms with van der Waals surface area (Å²) >= 11 is 0. The van der Waals surface area contributed by atoms with E-state index in [4.69, 9.17) is 4.74 Å². The number of aryl methyl sites for hydroxylation is 1. The SMILES string of the molecule is Cc1ccc(OCC(=O)Nc2ccc(Nc3ccc(F)c(F)c3)nc2)cc1. The summed E-state index contributed by atoms with van der Waals surface area (Å²) in [5.41, 5.74) is 1.96. The number of carbonyl (C=O) groups is 1. The van der Waals surface area contributed by atoms with Crippen LogP contribution in [0.3, 0.4) is 0 Å². The number of pyridine rings is 1. The van der Waals surface area contributed by atoms with E-state index < -0.39 is 11.6 Å². The van der Waals surface area contributed by atoms with E-state index in [0.717, 1.165) is 17.7 Å². The van der Waals surface area contributed by atoms with Crippen LogP contribution in [0, 0.1) is 18.6 Å². The van der Waals surface area contributed by atoms with Crippen molar-refractivity contribution in [1.29, 1.82) is 0 Å². The quantitative estimate of drug-likeness (QED) is 0.675. The van der Waals surface area contributed by atoms with Gasteiger partial charge in [0.05, 0.1) is 11.9 Å². The van der Waals surface area contributed by atoms with E-state index >= 15 is 0 Å². The van der Waals surface area contributed by atoms with Crippen LogP contribution in [0.1, 0.15) is 5.56 Å². The molecule has 7 heteroatoms. The largest absolute Gasteiger partial charge is 0.484 e. The molecule has 0 aliphatic carbocycles. The zero-order chi connectivity index (χ0) is 19.2.